The van der Waals surface area contributed by atoms with Gasteiger partial charge in [-0.05, 0) is 6.92 Å². The molecule has 3 aromatic rings. The molecule has 0 saturated carbocycles. The number of nitriles is 1. The van der Waals surface area contributed by atoms with Crippen LogP contribution in [0.1, 0.15) is 13.3 Å². The second kappa shape index (κ2) is 9.06. The van der Waals surface area contributed by atoms with Gasteiger partial charge in [-0.2, -0.15) is 19.8 Å². The van der Waals surface area contributed by atoms with Crippen molar-refractivity contribution in [3.63, 3.8) is 0 Å². The number of anilines is 2. The first kappa shape index (κ1) is 23.1. The quantitative estimate of drug-likeness (QED) is 0.449. The summed E-state index contributed by atoms with van der Waals surface area (Å²) in [4.78, 5) is 8.67. The Morgan fingerprint density at radius 1 is 1.27 bits per heavy atom. The van der Waals surface area contributed by atoms with Gasteiger partial charge in [-0.25, -0.2) is 18.4 Å². The fraction of sp³-hybridized carbons (Fsp3) is 0.421. The molecule has 0 aromatic carbocycles. The van der Waals surface area contributed by atoms with E-state index in [0.29, 0.717) is 34.5 Å². The summed E-state index contributed by atoms with van der Waals surface area (Å²) in [6, 6.07) is 2.14. The predicted molar refractivity (Wildman–Crippen MR) is 120 cm³/mol. The Morgan fingerprint density at radius 2 is 2.06 bits per heavy atom. The number of rotatable bonds is 9. The topological polar surface area (TPSA) is 155 Å². The van der Waals surface area contributed by atoms with E-state index in [-0.39, 0.29) is 31.9 Å². The Kier molecular flexibility index (Phi) is 6.35. The van der Waals surface area contributed by atoms with Crippen LogP contribution in [0, 0.1) is 11.3 Å². The molecule has 1 aliphatic rings. The molecule has 3 aromatic heterocycles. The zero-order chi connectivity index (χ0) is 23.6. The number of sulfonamides is 1. The molecule has 4 rings (SSSR count). The van der Waals surface area contributed by atoms with Crippen molar-refractivity contribution in [2.24, 2.45) is 0 Å². The van der Waals surface area contributed by atoms with E-state index in [4.69, 9.17) is 16.7 Å². The summed E-state index contributed by atoms with van der Waals surface area (Å²) < 4.78 is 28.9. The molecule has 174 valence electrons. The fourth-order valence-corrected chi connectivity index (χ4v) is 5.03. The summed E-state index contributed by atoms with van der Waals surface area (Å²) in [6.07, 6.45) is 8.17. The number of nitrogens with one attached hydrogen (secondary N) is 1. The van der Waals surface area contributed by atoms with Gasteiger partial charge in [0.2, 0.25) is 16.0 Å². The van der Waals surface area contributed by atoms with E-state index >= 15 is 0 Å². The minimum atomic E-state index is -3.34. The molecule has 0 unspecified atom stereocenters. The molecular formula is C19H22ClN9O3S. The van der Waals surface area contributed by atoms with E-state index in [1.165, 1.54) is 10.5 Å². The molecule has 0 amide bonds. The number of aromatic nitrogens is 6. The third-order valence-corrected chi connectivity index (χ3v) is 7.46. The minimum absolute atomic E-state index is 0.00517. The molecule has 33 heavy (non-hydrogen) atoms. The van der Waals surface area contributed by atoms with Gasteiger partial charge in [0.05, 0.1) is 66.4 Å². The van der Waals surface area contributed by atoms with Gasteiger partial charge >= 0.3 is 0 Å². The number of halogens is 1. The lowest BCUT2D eigenvalue weighted by atomic mass is 9.89. The number of aliphatic hydroxyl groups excluding tert-OH is 1. The van der Waals surface area contributed by atoms with E-state index in [0.717, 1.165) is 0 Å². The van der Waals surface area contributed by atoms with Crippen molar-refractivity contribution in [2.75, 3.05) is 30.8 Å². The first-order valence-corrected chi connectivity index (χ1v) is 12.1. The molecule has 2 N–H and O–H groups in total. The molecule has 1 saturated heterocycles. The van der Waals surface area contributed by atoms with Crippen LogP contribution in [0.25, 0.3) is 11.3 Å². The van der Waals surface area contributed by atoms with Gasteiger partial charge in [0.15, 0.2) is 0 Å². The highest BCUT2D eigenvalue weighted by Gasteiger charge is 2.49. The largest absolute Gasteiger partial charge is 0.394 e. The van der Waals surface area contributed by atoms with Crippen LogP contribution in [-0.2, 0) is 22.1 Å². The number of nitrogens with zero attached hydrogens (tertiary/aromatic N) is 8. The van der Waals surface area contributed by atoms with E-state index in [1.54, 1.807) is 41.1 Å². The molecule has 0 spiro atoms. The van der Waals surface area contributed by atoms with Crippen molar-refractivity contribution in [2.45, 2.75) is 25.4 Å². The molecule has 1 aliphatic heterocycles. The first-order chi connectivity index (χ1) is 15.8. The maximum Gasteiger partial charge on any atom is 0.227 e. The summed E-state index contributed by atoms with van der Waals surface area (Å²) in [6.45, 7) is 2.29. The Labute approximate surface area is 195 Å². The average Bonchev–Trinajstić information content (AvgIpc) is 3.42. The van der Waals surface area contributed by atoms with Crippen LogP contribution < -0.4 is 5.32 Å². The third-order valence-electron chi connectivity index (χ3n) is 5.41. The highest BCUT2D eigenvalue weighted by molar-refractivity contribution is 7.89. The lowest BCUT2D eigenvalue weighted by Crippen LogP contribution is -2.64. The summed E-state index contributed by atoms with van der Waals surface area (Å²) in [5, 5.41) is 30.2. The van der Waals surface area contributed by atoms with Crippen LogP contribution in [-0.4, -0.2) is 72.8 Å². The minimum Gasteiger partial charge on any atom is -0.394 e. The monoisotopic (exact) mass is 491 g/mol. The highest BCUT2D eigenvalue weighted by Crippen LogP contribution is 2.36. The summed E-state index contributed by atoms with van der Waals surface area (Å²) in [5.74, 6) is 0.298. The second-order valence-corrected chi connectivity index (χ2v) is 10.3. The maximum absolute atomic E-state index is 12.2. The fourth-order valence-electron chi connectivity index (χ4n) is 3.59. The zero-order valence-corrected chi connectivity index (χ0v) is 19.3. The van der Waals surface area contributed by atoms with E-state index in [2.05, 4.69) is 31.6 Å². The molecule has 0 aliphatic carbocycles. The van der Waals surface area contributed by atoms with Crippen molar-refractivity contribution >= 4 is 33.3 Å². The van der Waals surface area contributed by atoms with Crippen molar-refractivity contribution in [3.8, 4) is 17.3 Å². The van der Waals surface area contributed by atoms with Gasteiger partial charge in [-0.3, -0.25) is 9.36 Å². The zero-order valence-electron chi connectivity index (χ0n) is 17.8. The van der Waals surface area contributed by atoms with Gasteiger partial charge in [-0.1, -0.05) is 11.6 Å². The van der Waals surface area contributed by atoms with Gasteiger partial charge in [0, 0.05) is 31.0 Å². The summed E-state index contributed by atoms with van der Waals surface area (Å²) in [7, 11) is -3.34. The maximum atomic E-state index is 12.2. The third kappa shape index (κ3) is 4.55. The van der Waals surface area contributed by atoms with Crippen LogP contribution in [0.15, 0.2) is 31.0 Å². The first-order valence-electron chi connectivity index (χ1n) is 10.1. The lowest BCUT2D eigenvalue weighted by molar-refractivity contribution is 0.0719. The van der Waals surface area contributed by atoms with E-state index < -0.39 is 15.6 Å². The van der Waals surface area contributed by atoms with Crippen LogP contribution in [0.5, 0.6) is 0 Å². The smallest absolute Gasteiger partial charge is 0.227 e. The van der Waals surface area contributed by atoms with E-state index in [1.807, 2.05) is 0 Å². The van der Waals surface area contributed by atoms with Gasteiger partial charge in [0.1, 0.15) is 5.54 Å². The van der Waals surface area contributed by atoms with Gasteiger partial charge < -0.3 is 10.4 Å². The Morgan fingerprint density at radius 3 is 2.76 bits per heavy atom. The Balaban J connectivity index is 1.57. The van der Waals surface area contributed by atoms with Crippen LogP contribution in [0.4, 0.5) is 11.6 Å². The van der Waals surface area contributed by atoms with Crippen LogP contribution in [0.3, 0.4) is 0 Å². The molecule has 1 fully saturated rings. The van der Waals surface area contributed by atoms with Crippen molar-refractivity contribution in [1.29, 1.82) is 5.26 Å². The van der Waals surface area contributed by atoms with Crippen molar-refractivity contribution in [3.05, 3.63) is 36.0 Å². The summed E-state index contributed by atoms with van der Waals surface area (Å²) >= 11 is 6.34. The number of hydrogen-bond acceptors (Lipinski definition) is 9. The number of aliphatic hydroxyl groups is 1. The Hall–Kier alpha value is -3.05. The molecule has 0 radical (unpaired) electrons. The van der Waals surface area contributed by atoms with Crippen LogP contribution in [0.2, 0.25) is 5.02 Å². The van der Waals surface area contributed by atoms with Gasteiger partial charge in [-0.15, -0.1) is 0 Å². The standard InChI is InChI=1S/C19H22ClN9O3S/c1-2-33(31,32)28-12-19(13-28,3-4-21)29-10-14(7-24-29)17-16(20)9-22-18(26-17)25-15-8-23-27(11-15)5-6-30/h7-11,30H,2-3,5-6,12-13H2,1H3,(H,22,25,26). The molecule has 14 heteroatoms. The normalized spacial score (nSPS) is 15.7. The Bertz CT molecular complexity index is 1290. The molecule has 0 atom stereocenters. The average molecular weight is 492 g/mol. The van der Waals surface area contributed by atoms with Gasteiger partial charge in [0.25, 0.3) is 0 Å². The summed E-state index contributed by atoms with van der Waals surface area (Å²) in [5.41, 5.74) is 0.951. The number of hydrogen-bond donors (Lipinski definition) is 2. The second-order valence-electron chi connectivity index (χ2n) is 7.63. The molecular weight excluding hydrogens is 470 g/mol. The van der Waals surface area contributed by atoms with Crippen LogP contribution >= 0.6 is 11.6 Å². The molecule has 0 bridgehead atoms. The molecule has 12 nitrogen and oxygen atoms in total. The highest BCUT2D eigenvalue weighted by atomic mass is 35.5. The molecule has 4 heterocycles. The predicted octanol–water partition coefficient (Wildman–Crippen LogP) is 1.20. The van der Waals surface area contributed by atoms with Crippen molar-refractivity contribution in [1.82, 2.24) is 33.8 Å². The lowest BCUT2D eigenvalue weighted by Gasteiger charge is -2.47. The van der Waals surface area contributed by atoms with Crippen molar-refractivity contribution < 1.29 is 13.5 Å². The van der Waals surface area contributed by atoms with E-state index in [9.17, 15) is 13.7 Å². The SMILES string of the molecule is CCS(=O)(=O)N1CC(CC#N)(n2cc(-c3nc(Nc4cnn(CCO)c4)ncc3Cl)cn2)C1.